The summed E-state index contributed by atoms with van der Waals surface area (Å²) >= 11 is 3.47. The van der Waals surface area contributed by atoms with E-state index in [1.165, 1.54) is 32.1 Å². The molecule has 0 spiro atoms. The van der Waals surface area contributed by atoms with Crippen molar-refractivity contribution in [1.82, 2.24) is 0 Å². The highest BCUT2D eigenvalue weighted by molar-refractivity contribution is 9.10. The van der Waals surface area contributed by atoms with Gasteiger partial charge in [-0.05, 0) is 50.4 Å². The van der Waals surface area contributed by atoms with E-state index in [0.717, 1.165) is 23.8 Å². The fraction of sp³-hybridized carbons (Fsp3) is 0.737. The monoisotopic (exact) mass is 352 g/mol. The highest BCUT2D eigenvalue weighted by Crippen LogP contribution is 2.46. The maximum absolute atomic E-state index is 12.3. The fourth-order valence-electron chi connectivity index (χ4n) is 3.79. The summed E-state index contributed by atoms with van der Waals surface area (Å²) in [6.07, 6.45) is 14.4. The number of hydrogen-bond donors (Lipinski definition) is 0. The third-order valence-electron chi connectivity index (χ3n) is 5.56. The Kier molecular flexibility index (Phi) is 5.18. The average Bonchev–Trinajstić information content (AvgIpc) is 2.46. The molecule has 0 heterocycles. The molecule has 21 heavy (non-hydrogen) atoms. The van der Waals surface area contributed by atoms with Crippen LogP contribution in [0.15, 0.2) is 23.8 Å². The topological polar surface area (TPSA) is 17.1 Å². The molecular formula is C19H29BrO. The number of allylic oxidation sites excluding steroid dienone is 4. The molecule has 0 aliphatic heterocycles. The van der Waals surface area contributed by atoms with Gasteiger partial charge in [0.2, 0.25) is 0 Å². The summed E-state index contributed by atoms with van der Waals surface area (Å²) in [6, 6.07) is 0. The van der Waals surface area contributed by atoms with Gasteiger partial charge in [0.25, 0.3) is 0 Å². The first kappa shape index (κ1) is 17.0. The van der Waals surface area contributed by atoms with Gasteiger partial charge in [0.15, 0.2) is 5.78 Å². The minimum Gasteiger partial charge on any atom is -0.293 e. The van der Waals surface area contributed by atoms with Gasteiger partial charge in [0.1, 0.15) is 0 Å². The Morgan fingerprint density at radius 3 is 2.38 bits per heavy atom. The van der Waals surface area contributed by atoms with Crippen LogP contribution in [0.4, 0.5) is 0 Å². The molecule has 0 amide bonds. The van der Waals surface area contributed by atoms with Crippen molar-refractivity contribution in [2.75, 3.05) is 0 Å². The third-order valence-corrected chi connectivity index (χ3v) is 5.92. The summed E-state index contributed by atoms with van der Waals surface area (Å²) in [4.78, 5) is 12.3. The Morgan fingerprint density at radius 2 is 1.95 bits per heavy atom. The third kappa shape index (κ3) is 3.88. The molecular weight excluding hydrogens is 324 g/mol. The van der Waals surface area contributed by atoms with Crippen LogP contribution < -0.4 is 0 Å². The van der Waals surface area contributed by atoms with Gasteiger partial charge >= 0.3 is 0 Å². The fourth-order valence-corrected chi connectivity index (χ4v) is 4.02. The molecule has 2 aliphatic rings. The molecule has 1 unspecified atom stereocenters. The molecule has 1 saturated carbocycles. The lowest BCUT2D eigenvalue weighted by molar-refractivity contribution is -0.116. The summed E-state index contributed by atoms with van der Waals surface area (Å²) in [6.45, 7) is 8.53. The second kappa shape index (κ2) is 6.40. The van der Waals surface area contributed by atoms with Crippen LogP contribution in [-0.2, 0) is 4.79 Å². The van der Waals surface area contributed by atoms with Gasteiger partial charge in [-0.15, -0.1) is 0 Å². The van der Waals surface area contributed by atoms with Crippen LogP contribution >= 0.6 is 15.9 Å². The van der Waals surface area contributed by atoms with Crippen molar-refractivity contribution in [2.45, 2.75) is 70.5 Å². The summed E-state index contributed by atoms with van der Waals surface area (Å²) < 4.78 is -0.462. The van der Waals surface area contributed by atoms with Crippen molar-refractivity contribution < 1.29 is 4.79 Å². The van der Waals surface area contributed by atoms with Gasteiger partial charge in [-0.2, -0.15) is 0 Å². The minimum absolute atomic E-state index is 0.190. The van der Waals surface area contributed by atoms with Gasteiger partial charge in [0.05, 0.1) is 4.32 Å². The Morgan fingerprint density at radius 1 is 1.33 bits per heavy atom. The molecule has 0 aromatic heterocycles. The Labute approximate surface area is 138 Å². The molecule has 0 N–H and O–H groups in total. The number of ketones is 1. The van der Waals surface area contributed by atoms with Crippen molar-refractivity contribution in [3.63, 3.8) is 0 Å². The predicted molar refractivity (Wildman–Crippen MR) is 93.7 cm³/mol. The number of Topliss-reactive ketones (excluding diaryl/α,β-unsaturated/α-hetero) is 1. The van der Waals surface area contributed by atoms with Crippen LogP contribution in [0.5, 0.6) is 0 Å². The van der Waals surface area contributed by atoms with E-state index in [4.69, 9.17) is 0 Å². The first-order valence-corrected chi connectivity index (χ1v) is 9.18. The second-order valence-electron chi connectivity index (χ2n) is 7.63. The highest BCUT2D eigenvalue weighted by atomic mass is 79.9. The zero-order valence-electron chi connectivity index (χ0n) is 13.9. The molecule has 0 aromatic carbocycles. The molecule has 0 saturated heterocycles. The van der Waals surface area contributed by atoms with Crippen molar-refractivity contribution in [3.8, 4) is 0 Å². The summed E-state index contributed by atoms with van der Waals surface area (Å²) in [5, 5.41) is 0. The van der Waals surface area contributed by atoms with Gasteiger partial charge in [-0.25, -0.2) is 0 Å². The average molecular weight is 353 g/mol. The normalized spacial score (nSPS) is 33.7. The van der Waals surface area contributed by atoms with E-state index >= 15 is 0 Å². The molecule has 118 valence electrons. The van der Waals surface area contributed by atoms with Crippen LogP contribution in [-0.4, -0.2) is 10.1 Å². The first-order chi connectivity index (χ1) is 9.76. The lowest BCUT2D eigenvalue weighted by Crippen LogP contribution is -2.32. The van der Waals surface area contributed by atoms with Crippen LogP contribution in [0, 0.1) is 17.3 Å². The second-order valence-corrected chi connectivity index (χ2v) is 9.61. The number of rotatable bonds is 4. The summed E-state index contributed by atoms with van der Waals surface area (Å²) in [7, 11) is 0. The number of carbonyl (C=O) groups excluding carboxylic acids is 1. The largest absolute Gasteiger partial charge is 0.293 e. The number of hydrogen-bond acceptors (Lipinski definition) is 1. The van der Waals surface area contributed by atoms with E-state index in [-0.39, 0.29) is 11.2 Å². The molecule has 1 fully saturated rings. The molecule has 1 nitrogen and oxygen atoms in total. The lowest BCUT2D eigenvalue weighted by atomic mass is 9.64. The van der Waals surface area contributed by atoms with Crippen LogP contribution in [0.1, 0.15) is 66.2 Å². The van der Waals surface area contributed by atoms with E-state index in [0.29, 0.717) is 0 Å². The summed E-state index contributed by atoms with van der Waals surface area (Å²) in [5.41, 5.74) is 1.12. The van der Waals surface area contributed by atoms with E-state index in [1.54, 1.807) is 0 Å². The molecule has 2 aliphatic carbocycles. The van der Waals surface area contributed by atoms with Crippen LogP contribution in [0.3, 0.4) is 0 Å². The maximum Gasteiger partial charge on any atom is 0.178 e. The Hall–Kier alpha value is -0.370. The standard InChI is InChI=1S/C19H29BrO/c1-5-14-6-8-16(9-7-14)19(4)12-10-15(11-13-19)17(21)18(2,3)20/h10-12,14,16H,5-9,13H2,1-4H3. The predicted octanol–water partition coefficient (Wildman–Crippen LogP) is 5.84. The molecule has 0 bridgehead atoms. The van der Waals surface area contributed by atoms with E-state index in [1.807, 2.05) is 13.8 Å². The zero-order chi connectivity index (χ0) is 15.7. The van der Waals surface area contributed by atoms with E-state index < -0.39 is 4.32 Å². The highest BCUT2D eigenvalue weighted by Gasteiger charge is 2.36. The van der Waals surface area contributed by atoms with Gasteiger partial charge in [-0.1, -0.05) is 67.3 Å². The molecule has 2 rings (SSSR count). The SMILES string of the molecule is CCC1CCC(C2(C)C=CC(C(=O)C(C)(C)Br)=CC2)CC1. The molecule has 1 atom stereocenters. The molecule has 0 aromatic rings. The zero-order valence-corrected chi connectivity index (χ0v) is 15.5. The lowest BCUT2D eigenvalue weighted by Gasteiger charge is -2.41. The van der Waals surface area contributed by atoms with Crippen molar-refractivity contribution in [3.05, 3.63) is 23.8 Å². The maximum atomic E-state index is 12.3. The smallest absolute Gasteiger partial charge is 0.178 e. The summed E-state index contributed by atoms with van der Waals surface area (Å²) in [5.74, 6) is 1.91. The van der Waals surface area contributed by atoms with Gasteiger partial charge < -0.3 is 0 Å². The van der Waals surface area contributed by atoms with Gasteiger partial charge in [0, 0.05) is 5.57 Å². The van der Waals surface area contributed by atoms with E-state index in [2.05, 4.69) is 48.0 Å². The Balaban J connectivity index is 2.01. The minimum atomic E-state index is -0.462. The van der Waals surface area contributed by atoms with Crippen LogP contribution in [0.25, 0.3) is 0 Å². The number of carbonyl (C=O) groups is 1. The Bertz CT molecular complexity index is 447. The number of alkyl halides is 1. The van der Waals surface area contributed by atoms with Crippen LogP contribution in [0.2, 0.25) is 0 Å². The quantitative estimate of drug-likeness (QED) is 0.581. The van der Waals surface area contributed by atoms with Crippen molar-refractivity contribution >= 4 is 21.7 Å². The van der Waals surface area contributed by atoms with E-state index in [9.17, 15) is 4.79 Å². The number of halogens is 1. The van der Waals surface area contributed by atoms with Crippen molar-refractivity contribution in [2.24, 2.45) is 17.3 Å². The molecule has 2 heteroatoms. The molecule has 0 radical (unpaired) electrons. The van der Waals surface area contributed by atoms with Gasteiger partial charge in [-0.3, -0.25) is 4.79 Å². The van der Waals surface area contributed by atoms with Crippen molar-refractivity contribution in [1.29, 1.82) is 0 Å². The first-order valence-electron chi connectivity index (χ1n) is 8.39.